The molecule has 1 aliphatic heterocycles. The Kier molecular flexibility index (Phi) is 3.59. The molecule has 8 nitrogen and oxygen atoms in total. The summed E-state index contributed by atoms with van der Waals surface area (Å²) in [6.45, 7) is 4.77. The molecule has 2 aliphatic rings. The van der Waals surface area contributed by atoms with E-state index in [1.54, 1.807) is 6.20 Å². The van der Waals surface area contributed by atoms with Crippen molar-refractivity contribution in [2.75, 3.05) is 0 Å². The van der Waals surface area contributed by atoms with Crippen molar-refractivity contribution in [2.24, 2.45) is 5.92 Å². The highest BCUT2D eigenvalue weighted by Gasteiger charge is 2.38. The third kappa shape index (κ3) is 2.44. The molecule has 1 aliphatic carbocycles. The minimum absolute atomic E-state index is 0.00395. The summed E-state index contributed by atoms with van der Waals surface area (Å²) in [5.41, 5.74) is 2.57. The fourth-order valence-electron chi connectivity index (χ4n) is 4.07. The average Bonchev–Trinajstić information content (AvgIpc) is 3.21. The van der Waals surface area contributed by atoms with E-state index in [0.717, 1.165) is 29.8 Å². The van der Waals surface area contributed by atoms with Gasteiger partial charge in [0.15, 0.2) is 17.6 Å². The van der Waals surface area contributed by atoms with Crippen molar-refractivity contribution in [2.45, 2.75) is 45.2 Å². The molecular weight excluding hydrogens is 360 g/mol. The largest absolute Gasteiger partial charge is 0.477 e. The van der Waals surface area contributed by atoms with Gasteiger partial charge in [-0.2, -0.15) is 5.10 Å². The monoisotopic (exact) mass is 380 g/mol. The lowest BCUT2D eigenvalue weighted by molar-refractivity contribution is 0.0694. The van der Waals surface area contributed by atoms with Crippen molar-refractivity contribution < 1.29 is 14.3 Å². The first-order valence-electron chi connectivity index (χ1n) is 9.45. The van der Waals surface area contributed by atoms with E-state index in [4.69, 9.17) is 9.52 Å². The molecule has 0 aromatic carbocycles. The van der Waals surface area contributed by atoms with Gasteiger partial charge in [-0.1, -0.05) is 13.8 Å². The van der Waals surface area contributed by atoms with E-state index in [1.807, 2.05) is 9.25 Å². The van der Waals surface area contributed by atoms with E-state index < -0.39 is 11.4 Å². The van der Waals surface area contributed by atoms with Crippen molar-refractivity contribution in [1.29, 1.82) is 0 Å². The smallest absolute Gasteiger partial charge is 0.341 e. The van der Waals surface area contributed by atoms with Crippen LogP contribution in [0, 0.1) is 5.92 Å². The minimum Gasteiger partial charge on any atom is -0.477 e. The molecule has 28 heavy (non-hydrogen) atoms. The van der Waals surface area contributed by atoms with Crippen LogP contribution in [0.1, 0.15) is 54.7 Å². The zero-order chi connectivity index (χ0) is 19.6. The summed E-state index contributed by atoms with van der Waals surface area (Å²) in [6, 6.07) is 1.41. The summed E-state index contributed by atoms with van der Waals surface area (Å²) in [6.07, 6.45) is 6.68. The molecule has 8 heteroatoms. The fraction of sp³-hybridized carbons (Fsp3) is 0.400. The number of aromatic carboxylic acids is 1. The number of hydrogen-bond acceptors (Lipinski definition) is 5. The Bertz CT molecular complexity index is 1140. The van der Waals surface area contributed by atoms with Crippen LogP contribution < -0.4 is 5.43 Å². The van der Waals surface area contributed by atoms with Crippen molar-refractivity contribution >= 4 is 5.97 Å². The zero-order valence-electron chi connectivity index (χ0n) is 15.6. The Hall–Kier alpha value is -3.16. The first-order valence-corrected chi connectivity index (χ1v) is 9.45. The van der Waals surface area contributed by atoms with Gasteiger partial charge in [-0.05, 0) is 18.8 Å². The first-order chi connectivity index (χ1) is 13.5. The van der Waals surface area contributed by atoms with Gasteiger partial charge in [-0.15, -0.1) is 0 Å². The number of pyridine rings is 1. The highest BCUT2D eigenvalue weighted by molar-refractivity contribution is 5.88. The molecule has 5 rings (SSSR count). The Morgan fingerprint density at radius 2 is 2.14 bits per heavy atom. The minimum atomic E-state index is -1.21. The second-order valence-corrected chi connectivity index (χ2v) is 7.89. The van der Waals surface area contributed by atoms with Crippen LogP contribution in [0.3, 0.4) is 0 Å². The Labute approximate surface area is 160 Å². The van der Waals surface area contributed by atoms with Gasteiger partial charge < -0.3 is 14.1 Å². The number of aromatic nitrogens is 4. The Balaban J connectivity index is 1.82. The lowest BCUT2D eigenvalue weighted by Gasteiger charge is -2.32. The van der Waals surface area contributed by atoms with Crippen LogP contribution in [-0.4, -0.2) is 30.4 Å². The average molecular weight is 380 g/mol. The second kappa shape index (κ2) is 5.92. The molecule has 1 N–H and O–H groups in total. The first kappa shape index (κ1) is 17.0. The molecule has 3 aromatic heterocycles. The van der Waals surface area contributed by atoms with Gasteiger partial charge >= 0.3 is 5.97 Å². The topological polar surface area (TPSA) is 103 Å². The number of carbonyl (C=O) groups is 1. The second-order valence-electron chi connectivity index (χ2n) is 7.89. The van der Waals surface area contributed by atoms with Crippen LogP contribution in [0.25, 0.3) is 22.7 Å². The predicted octanol–water partition coefficient (Wildman–Crippen LogP) is 3.15. The van der Waals surface area contributed by atoms with Crippen molar-refractivity contribution in [3.05, 3.63) is 46.3 Å². The highest BCUT2D eigenvalue weighted by atomic mass is 16.4. The van der Waals surface area contributed by atoms with Crippen molar-refractivity contribution in [3.8, 4) is 22.7 Å². The maximum absolute atomic E-state index is 12.5. The molecule has 4 heterocycles. The van der Waals surface area contributed by atoms with Crippen LogP contribution in [-0.2, 0) is 6.54 Å². The highest BCUT2D eigenvalue weighted by Crippen LogP contribution is 2.48. The summed E-state index contributed by atoms with van der Waals surface area (Å²) in [7, 11) is 0. The number of hydrogen-bond donors (Lipinski definition) is 1. The maximum Gasteiger partial charge on any atom is 0.341 e. The van der Waals surface area contributed by atoms with Crippen LogP contribution in [0.15, 0.2) is 34.1 Å². The predicted molar refractivity (Wildman–Crippen MR) is 100 cm³/mol. The van der Waals surface area contributed by atoms with E-state index in [9.17, 15) is 14.7 Å². The van der Waals surface area contributed by atoms with Gasteiger partial charge in [0.1, 0.15) is 5.56 Å². The lowest BCUT2D eigenvalue weighted by atomic mass is 9.97. The standard InChI is InChI=1S/C20H20N4O4/c1-10(2)14-8-24-19(13-5-15(25)12(20(26)27)7-23(13)14)17(16-6-21-9-28-16)18(22-24)11-3-4-11/h5-7,9-11,14H,3-4,8H2,1-2H3,(H,26,27). The van der Waals surface area contributed by atoms with Crippen LogP contribution in [0.2, 0.25) is 0 Å². The number of carboxylic acid groups (broad SMARTS) is 1. The van der Waals surface area contributed by atoms with Gasteiger partial charge in [-0.25, -0.2) is 9.78 Å². The van der Waals surface area contributed by atoms with E-state index in [2.05, 4.69) is 18.8 Å². The molecule has 0 saturated heterocycles. The summed E-state index contributed by atoms with van der Waals surface area (Å²) in [4.78, 5) is 28.1. The lowest BCUT2D eigenvalue weighted by Crippen LogP contribution is -2.31. The van der Waals surface area contributed by atoms with Crippen LogP contribution >= 0.6 is 0 Å². The summed E-state index contributed by atoms with van der Waals surface area (Å²) in [5.74, 6) is 0.0241. The van der Waals surface area contributed by atoms with E-state index in [0.29, 0.717) is 23.9 Å². The number of rotatable bonds is 4. The SMILES string of the molecule is CC(C)C1Cn2nc(C3CC3)c(-c3cnco3)c2-c2cc(=O)c(C(=O)O)cn21. The summed E-state index contributed by atoms with van der Waals surface area (Å²) >= 11 is 0. The van der Waals surface area contributed by atoms with E-state index in [-0.39, 0.29) is 17.5 Å². The molecule has 0 spiro atoms. The van der Waals surface area contributed by atoms with E-state index in [1.165, 1.54) is 18.7 Å². The normalized spacial score (nSPS) is 18.2. The Morgan fingerprint density at radius 3 is 2.75 bits per heavy atom. The van der Waals surface area contributed by atoms with Crippen LogP contribution in [0.5, 0.6) is 0 Å². The quantitative estimate of drug-likeness (QED) is 0.746. The molecule has 0 bridgehead atoms. The van der Waals surface area contributed by atoms with Gasteiger partial charge in [-0.3, -0.25) is 9.48 Å². The molecule has 0 radical (unpaired) electrons. The van der Waals surface area contributed by atoms with Gasteiger partial charge in [0.25, 0.3) is 0 Å². The Morgan fingerprint density at radius 1 is 1.36 bits per heavy atom. The molecule has 3 aromatic rings. The maximum atomic E-state index is 12.5. The number of carboxylic acids is 1. The molecule has 1 saturated carbocycles. The van der Waals surface area contributed by atoms with Gasteiger partial charge in [0, 0.05) is 18.2 Å². The molecule has 144 valence electrons. The van der Waals surface area contributed by atoms with E-state index >= 15 is 0 Å². The van der Waals surface area contributed by atoms with Gasteiger partial charge in [0.05, 0.1) is 41.4 Å². The van der Waals surface area contributed by atoms with Crippen LogP contribution in [0.4, 0.5) is 0 Å². The molecule has 0 amide bonds. The molecule has 1 atom stereocenters. The third-order valence-corrected chi connectivity index (χ3v) is 5.66. The molecule has 1 unspecified atom stereocenters. The number of fused-ring (bicyclic) bond motifs is 3. The fourth-order valence-corrected chi connectivity index (χ4v) is 4.07. The number of oxazole rings is 1. The summed E-state index contributed by atoms with van der Waals surface area (Å²) < 4.78 is 9.47. The van der Waals surface area contributed by atoms with Crippen molar-refractivity contribution in [3.63, 3.8) is 0 Å². The molecular formula is C20H20N4O4. The van der Waals surface area contributed by atoms with Gasteiger partial charge in [0.2, 0.25) is 0 Å². The molecule has 1 fully saturated rings. The number of nitrogens with zero attached hydrogens (tertiary/aromatic N) is 4. The third-order valence-electron chi connectivity index (χ3n) is 5.66. The zero-order valence-corrected chi connectivity index (χ0v) is 15.6. The summed E-state index contributed by atoms with van der Waals surface area (Å²) in [5, 5.41) is 14.3. The van der Waals surface area contributed by atoms with Crippen molar-refractivity contribution in [1.82, 2.24) is 19.3 Å².